The number of hydrogen-bond acceptors (Lipinski definition) is 7. The fourth-order valence-electron chi connectivity index (χ4n) is 2.85. The third-order valence-electron chi connectivity index (χ3n) is 4.33. The first kappa shape index (κ1) is 21.1. The summed E-state index contributed by atoms with van der Waals surface area (Å²) in [5.41, 5.74) is 2.23. The first-order chi connectivity index (χ1) is 14.2. The number of nitro benzene ring substituents is 1. The summed E-state index contributed by atoms with van der Waals surface area (Å²) in [6.45, 7) is 3.31. The fraction of sp³-hybridized carbons (Fsp3) is 0.150. The molecule has 0 radical (unpaired) electrons. The van der Waals surface area contributed by atoms with Crippen LogP contribution in [0.4, 0.5) is 16.2 Å². The third kappa shape index (κ3) is 4.49. The lowest BCUT2D eigenvalue weighted by Gasteiger charge is -2.14. The maximum Gasteiger partial charge on any atom is 0.311 e. The molecule has 9 nitrogen and oxygen atoms in total. The van der Waals surface area contributed by atoms with Crippen LogP contribution in [0.1, 0.15) is 16.7 Å². The van der Waals surface area contributed by atoms with Gasteiger partial charge >= 0.3 is 5.69 Å². The van der Waals surface area contributed by atoms with E-state index >= 15 is 0 Å². The van der Waals surface area contributed by atoms with Crippen LogP contribution in [-0.4, -0.2) is 38.5 Å². The number of phenolic OH excluding ortho intramolecular Hbond substituents is 1. The molecule has 0 unspecified atom stereocenters. The minimum atomic E-state index is -0.754. The average molecular weight is 427 g/mol. The maximum atomic E-state index is 12.6. The fourth-order valence-corrected chi connectivity index (χ4v) is 3.69. The van der Waals surface area contributed by atoms with E-state index in [-0.39, 0.29) is 10.5 Å². The molecule has 3 rings (SSSR count). The number of imide groups is 1. The Kier molecular flexibility index (Phi) is 5.88. The van der Waals surface area contributed by atoms with Crippen LogP contribution >= 0.6 is 11.8 Å². The quantitative estimate of drug-likeness (QED) is 0.424. The van der Waals surface area contributed by atoms with Crippen LogP contribution in [0.2, 0.25) is 0 Å². The zero-order chi connectivity index (χ0) is 22.0. The Balaban J connectivity index is 1.74. The highest BCUT2D eigenvalue weighted by Crippen LogP contribution is 2.34. The van der Waals surface area contributed by atoms with Crippen LogP contribution in [0, 0.1) is 24.0 Å². The van der Waals surface area contributed by atoms with Crippen LogP contribution in [0.15, 0.2) is 41.3 Å². The van der Waals surface area contributed by atoms with Gasteiger partial charge in [0.2, 0.25) is 5.91 Å². The van der Waals surface area contributed by atoms with Gasteiger partial charge in [-0.1, -0.05) is 23.8 Å². The lowest BCUT2D eigenvalue weighted by Crippen LogP contribution is -2.36. The Morgan fingerprint density at radius 3 is 2.63 bits per heavy atom. The number of aryl methyl sites for hydroxylation is 2. The van der Waals surface area contributed by atoms with Crippen molar-refractivity contribution in [1.82, 2.24) is 4.90 Å². The zero-order valence-corrected chi connectivity index (χ0v) is 16.9. The summed E-state index contributed by atoms with van der Waals surface area (Å²) in [4.78, 5) is 48.1. The van der Waals surface area contributed by atoms with Crippen LogP contribution in [0.5, 0.6) is 5.75 Å². The van der Waals surface area contributed by atoms with E-state index in [1.54, 1.807) is 6.07 Å². The van der Waals surface area contributed by atoms with Crippen molar-refractivity contribution < 1.29 is 24.4 Å². The highest BCUT2D eigenvalue weighted by Gasteiger charge is 2.36. The molecule has 2 aromatic carbocycles. The predicted molar refractivity (Wildman–Crippen MR) is 112 cm³/mol. The second kappa shape index (κ2) is 8.37. The number of phenols is 1. The molecule has 0 aliphatic carbocycles. The van der Waals surface area contributed by atoms with Gasteiger partial charge in [0, 0.05) is 11.8 Å². The van der Waals surface area contributed by atoms with Crippen LogP contribution in [0.3, 0.4) is 0 Å². The third-order valence-corrected chi connectivity index (χ3v) is 5.23. The van der Waals surface area contributed by atoms with E-state index in [1.165, 1.54) is 12.1 Å². The molecular formula is C20H17N3O6S. The SMILES string of the molecule is Cc1ccc(NC(=O)CN2C(=O)S/C(=C\c3ccc(O)c([N+](=O)[O-])c3)C2=O)c(C)c1. The van der Waals surface area contributed by atoms with Crippen molar-refractivity contribution in [2.75, 3.05) is 11.9 Å². The summed E-state index contributed by atoms with van der Waals surface area (Å²) in [6.07, 6.45) is 1.30. The highest BCUT2D eigenvalue weighted by atomic mass is 32.2. The first-order valence-corrected chi connectivity index (χ1v) is 9.57. The van der Waals surface area contributed by atoms with Gasteiger partial charge in [-0.2, -0.15) is 0 Å². The van der Waals surface area contributed by atoms with Gasteiger partial charge in [-0.25, -0.2) is 0 Å². The molecule has 1 saturated heterocycles. The van der Waals surface area contributed by atoms with Crippen molar-refractivity contribution in [1.29, 1.82) is 0 Å². The highest BCUT2D eigenvalue weighted by molar-refractivity contribution is 8.18. The van der Waals surface area contributed by atoms with Crippen molar-refractivity contribution in [3.05, 3.63) is 68.1 Å². The molecule has 30 heavy (non-hydrogen) atoms. The topological polar surface area (TPSA) is 130 Å². The number of hydrogen-bond donors (Lipinski definition) is 2. The number of nitrogens with zero attached hydrogens (tertiary/aromatic N) is 2. The summed E-state index contributed by atoms with van der Waals surface area (Å²) >= 11 is 0.635. The standard InChI is InChI=1S/C20H17N3O6S/c1-11-3-5-14(12(2)7-11)21-18(25)10-22-19(26)17(30-20(22)27)9-13-4-6-16(24)15(8-13)23(28)29/h3-9,24H,10H2,1-2H3,(H,21,25)/b17-9-. The molecular weight excluding hydrogens is 410 g/mol. The van der Waals surface area contributed by atoms with Crippen molar-refractivity contribution in [2.24, 2.45) is 0 Å². The van der Waals surface area contributed by atoms with Gasteiger partial charge in [0.15, 0.2) is 5.75 Å². The summed E-state index contributed by atoms with van der Waals surface area (Å²) in [6, 6.07) is 9.08. The van der Waals surface area contributed by atoms with Gasteiger partial charge in [-0.05, 0) is 54.9 Å². The van der Waals surface area contributed by atoms with Gasteiger partial charge in [0.1, 0.15) is 6.54 Å². The van der Waals surface area contributed by atoms with Crippen LogP contribution in [0.25, 0.3) is 6.08 Å². The molecule has 2 N–H and O–H groups in total. The molecule has 3 amide bonds. The van der Waals surface area contributed by atoms with Gasteiger partial charge in [-0.3, -0.25) is 29.4 Å². The number of carbonyl (C=O) groups is 3. The summed E-state index contributed by atoms with van der Waals surface area (Å²) in [5, 5.41) is 22.5. The van der Waals surface area contributed by atoms with Crippen molar-refractivity contribution in [3.8, 4) is 5.75 Å². The predicted octanol–water partition coefficient (Wildman–Crippen LogP) is 3.59. The smallest absolute Gasteiger partial charge is 0.311 e. The molecule has 0 atom stereocenters. The Morgan fingerprint density at radius 1 is 1.23 bits per heavy atom. The molecule has 1 aliphatic heterocycles. The number of rotatable bonds is 5. The number of aromatic hydroxyl groups is 1. The number of carbonyl (C=O) groups excluding carboxylic acids is 3. The second-order valence-electron chi connectivity index (χ2n) is 6.64. The number of nitrogens with one attached hydrogen (secondary N) is 1. The number of amides is 3. The molecule has 1 fully saturated rings. The Hall–Kier alpha value is -3.66. The summed E-state index contributed by atoms with van der Waals surface area (Å²) < 4.78 is 0. The van der Waals surface area contributed by atoms with Crippen LogP contribution in [-0.2, 0) is 9.59 Å². The van der Waals surface area contributed by atoms with E-state index in [4.69, 9.17) is 0 Å². The van der Waals surface area contributed by atoms with Crippen molar-refractivity contribution in [3.63, 3.8) is 0 Å². The van der Waals surface area contributed by atoms with Crippen molar-refractivity contribution in [2.45, 2.75) is 13.8 Å². The summed E-state index contributed by atoms with van der Waals surface area (Å²) in [5.74, 6) is -1.70. The Labute approximate surface area is 175 Å². The Morgan fingerprint density at radius 2 is 1.97 bits per heavy atom. The van der Waals surface area contributed by atoms with E-state index in [0.29, 0.717) is 17.4 Å². The lowest BCUT2D eigenvalue weighted by molar-refractivity contribution is -0.385. The van der Waals surface area contributed by atoms with Gasteiger partial charge in [-0.15, -0.1) is 0 Å². The van der Waals surface area contributed by atoms with Crippen LogP contribution < -0.4 is 5.32 Å². The molecule has 0 saturated carbocycles. The zero-order valence-electron chi connectivity index (χ0n) is 16.0. The van der Waals surface area contributed by atoms with Gasteiger partial charge in [0.05, 0.1) is 9.83 Å². The molecule has 0 spiro atoms. The largest absolute Gasteiger partial charge is 0.502 e. The molecule has 10 heteroatoms. The van der Waals surface area contributed by atoms with E-state index in [1.807, 2.05) is 26.0 Å². The van der Waals surface area contributed by atoms with E-state index in [9.17, 15) is 29.6 Å². The molecule has 154 valence electrons. The normalized spacial score (nSPS) is 15.0. The van der Waals surface area contributed by atoms with E-state index in [0.717, 1.165) is 28.2 Å². The molecule has 2 aromatic rings. The number of benzene rings is 2. The van der Waals surface area contributed by atoms with Gasteiger partial charge in [0.25, 0.3) is 11.1 Å². The number of thioether (sulfide) groups is 1. The number of nitro groups is 1. The minimum absolute atomic E-state index is 0.0271. The molecule has 1 aliphatic rings. The van der Waals surface area contributed by atoms with Gasteiger partial charge < -0.3 is 10.4 Å². The van der Waals surface area contributed by atoms with Crippen molar-refractivity contribution >= 4 is 46.3 Å². The van der Waals surface area contributed by atoms with E-state index in [2.05, 4.69) is 5.32 Å². The number of anilines is 1. The maximum absolute atomic E-state index is 12.6. The monoisotopic (exact) mass is 427 g/mol. The average Bonchev–Trinajstić information content (AvgIpc) is 2.92. The molecule has 0 aromatic heterocycles. The lowest BCUT2D eigenvalue weighted by atomic mass is 10.1. The molecule has 0 bridgehead atoms. The van der Waals surface area contributed by atoms with E-state index < -0.39 is 40.0 Å². The summed E-state index contributed by atoms with van der Waals surface area (Å²) in [7, 11) is 0. The molecule has 1 heterocycles. The Bertz CT molecular complexity index is 1110. The first-order valence-electron chi connectivity index (χ1n) is 8.75. The second-order valence-corrected chi connectivity index (χ2v) is 7.63. The minimum Gasteiger partial charge on any atom is -0.502 e.